The monoisotopic (exact) mass is 386 g/mol. The van der Waals surface area contributed by atoms with Crippen LogP contribution in [0.5, 0.6) is 0 Å². The molecule has 9 nitrogen and oxygen atoms in total. The first-order valence-corrected chi connectivity index (χ1v) is 10.2. The largest absolute Gasteiger partial charge is 0.480 e. The minimum Gasteiger partial charge on any atom is -0.480 e. The third kappa shape index (κ3) is 4.82. The molecule has 0 saturated carbocycles. The number of aromatic nitrogens is 2. The Bertz CT molecular complexity index is 766. The van der Waals surface area contributed by atoms with E-state index in [0.717, 1.165) is 11.4 Å². The molecule has 0 atom stereocenters. The summed E-state index contributed by atoms with van der Waals surface area (Å²) in [7, 11) is -3.27. The summed E-state index contributed by atoms with van der Waals surface area (Å²) in [6.07, 6.45) is 0.852. The molecule has 1 aromatic rings. The molecule has 1 fully saturated rings. The maximum Gasteiger partial charge on any atom is 0.323 e. The van der Waals surface area contributed by atoms with Gasteiger partial charge in [0, 0.05) is 24.8 Å². The van der Waals surface area contributed by atoms with E-state index in [2.05, 4.69) is 5.10 Å². The standard InChI is InChI=1S/C16H26N4O5S/c1-4-26(24,25)18-7-5-14(6-8-18)19(11-16(22)23)15(21)10-20-13(3)9-12(2)17-20/h9,14H,4-8,10-11H2,1-3H3,(H,22,23). The van der Waals surface area contributed by atoms with Gasteiger partial charge in [-0.15, -0.1) is 0 Å². The number of carboxylic acid groups (broad SMARTS) is 1. The third-order valence-electron chi connectivity index (χ3n) is 4.64. The molecule has 2 heterocycles. The van der Waals surface area contributed by atoms with Crippen LogP contribution in [0.3, 0.4) is 0 Å². The molecule has 0 bridgehead atoms. The first-order chi connectivity index (χ1) is 12.1. The van der Waals surface area contributed by atoms with E-state index < -0.39 is 22.5 Å². The lowest BCUT2D eigenvalue weighted by atomic mass is 10.0. The van der Waals surface area contributed by atoms with Crippen molar-refractivity contribution < 1.29 is 23.1 Å². The van der Waals surface area contributed by atoms with E-state index in [4.69, 9.17) is 0 Å². The highest BCUT2D eigenvalue weighted by atomic mass is 32.2. The number of hydrogen-bond acceptors (Lipinski definition) is 5. The fourth-order valence-corrected chi connectivity index (χ4v) is 4.37. The van der Waals surface area contributed by atoms with Crippen molar-refractivity contribution in [1.29, 1.82) is 0 Å². The van der Waals surface area contributed by atoms with Crippen LogP contribution in [0.1, 0.15) is 31.2 Å². The van der Waals surface area contributed by atoms with Crippen molar-refractivity contribution in [3.63, 3.8) is 0 Å². The number of carboxylic acids is 1. The summed E-state index contributed by atoms with van der Waals surface area (Å²) in [5, 5.41) is 13.4. The molecule has 146 valence electrons. The third-order valence-corrected chi connectivity index (χ3v) is 6.52. The number of rotatable bonds is 7. The molecule has 1 aliphatic heterocycles. The fraction of sp³-hybridized carbons (Fsp3) is 0.688. The number of nitrogens with zero attached hydrogens (tertiary/aromatic N) is 4. The highest BCUT2D eigenvalue weighted by Gasteiger charge is 2.33. The van der Waals surface area contributed by atoms with Gasteiger partial charge >= 0.3 is 5.97 Å². The summed E-state index contributed by atoms with van der Waals surface area (Å²) in [6, 6.07) is 1.56. The van der Waals surface area contributed by atoms with Crippen molar-refractivity contribution in [3.8, 4) is 0 Å². The number of hydrogen-bond donors (Lipinski definition) is 1. The molecule has 0 aromatic carbocycles. The Morgan fingerprint density at radius 2 is 1.92 bits per heavy atom. The zero-order chi connectivity index (χ0) is 19.5. The number of aliphatic carboxylic acids is 1. The van der Waals surface area contributed by atoms with Gasteiger partial charge in [-0.1, -0.05) is 0 Å². The van der Waals surface area contributed by atoms with Crippen molar-refractivity contribution in [2.24, 2.45) is 0 Å². The quantitative estimate of drug-likeness (QED) is 0.718. The molecule has 0 spiro atoms. The average Bonchev–Trinajstić information content (AvgIpc) is 2.89. The van der Waals surface area contributed by atoms with Gasteiger partial charge in [-0.25, -0.2) is 12.7 Å². The van der Waals surface area contributed by atoms with Gasteiger partial charge in [-0.3, -0.25) is 14.3 Å². The number of carbonyl (C=O) groups excluding carboxylic acids is 1. The van der Waals surface area contributed by atoms with Crippen LogP contribution in [-0.2, 0) is 26.2 Å². The number of sulfonamides is 1. The van der Waals surface area contributed by atoms with Gasteiger partial charge < -0.3 is 10.0 Å². The van der Waals surface area contributed by atoms with Crippen LogP contribution in [0.25, 0.3) is 0 Å². The van der Waals surface area contributed by atoms with E-state index in [0.29, 0.717) is 25.9 Å². The Morgan fingerprint density at radius 1 is 1.31 bits per heavy atom. The molecule has 1 saturated heterocycles. The minimum atomic E-state index is -3.27. The predicted molar refractivity (Wildman–Crippen MR) is 95.1 cm³/mol. The minimum absolute atomic E-state index is 0.0274. The Hall–Kier alpha value is -1.94. The Morgan fingerprint density at radius 3 is 2.38 bits per heavy atom. The van der Waals surface area contributed by atoms with Crippen LogP contribution in [0, 0.1) is 13.8 Å². The Balaban J connectivity index is 2.09. The Labute approximate surface area is 153 Å². The zero-order valence-electron chi connectivity index (χ0n) is 15.4. The molecule has 2 rings (SSSR count). The second-order valence-corrected chi connectivity index (χ2v) is 8.79. The van der Waals surface area contributed by atoms with E-state index in [9.17, 15) is 23.1 Å². The van der Waals surface area contributed by atoms with Crippen LogP contribution in [0.15, 0.2) is 6.07 Å². The molecular weight excluding hydrogens is 360 g/mol. The number of carbonyl (C=O) groups is 2. The molecule has 0 aliphatic carbocycles. The van der Waals surface area contributed by atoms with Gasteiger partial charge in [0.15, 0.2) is 0 Å². The lowest BCUT2D eigenvalue weighted by molar-refractivity contribution is -0.147. The summed E-state index contributed by atoms with van der Waals surface area (Å²) >= 11 is 0. The lowest BCUT2D eigenvalue weighted by Gasteiger charge is -2.37. The second kappa shape index (κ2) is 8.17. The maximum absolute atomic E-state index is 12.7. The van der Waals surface area contributed by atoms with Gasteiger partial charge in [-0.05, 0) is 39.7 Å². The number of piperidine rings is 1. The Kier molecular flexibility index (Phi) is 6.40. The predicted octanol–water partition coefficient (Wildman–Crippen LogP) is 0.227. The number of aryl methyl sites for hydroxylation is 2. The summed E-state index contributed by atoms with van der Waals surface area (Å²) in [6.45, 7) is 5.42. The van der Waals surface area contributed by atoms with Crippen molar-refractivity contribution in [1.82, 2.24) is 19.0 Å². The highest BCUT2D eigenvalue weighted by Crippen LogP contribution is 2.20. The zero-order valence-corrected chi connectivity index (χ0v) is 16.2. The van der Waals surface area contributed by atoms with Crippen LogP contribution in [-0.4, -0.2) is 75.8 Å². The molecule has 1 N–H and O–H groups in total. The normalized spacial score (nSPS) is 16.6. The second-order valence-electron chi connectivity index (χ2n) is 6.53. The molecule has 10 heteroatoms. The summed E-state index contributed by atoms with van der Waals surface area (Å²) in [5.74, 6) is -1.38. The van der Waals surface area contributed by atoms with E-state index in [-0.39, 0.29) is 24.2 Å². The molecule has 0 unspecified atom stereocenters. The van der Waals surface area contributed by atoms with Crippen LogP contribution >= 0.6 is 0 Å². The molecule has 1 amide bonds. The van der Waals surface area contributed by atoms with Crippen molar-refractivity contribution in [3.05, 3.63) is 17.5 Å². The molecule has 1 aromatic heterocycles. The van der Waals surface area contributed by atoms with Crippen LogP contribution in [0.4, 0.5) is 0 Å². The van der Waals surface area contributed by atoms with Crippen molar-refractivity contribution in [2.75, 3.05) is 25.4 Å². The topological polar surface area (TPSA) is 113 Å². The van der Waals surface area contributed by atoms with Crippen molar-refractivity contribution in [2.45, 2.75) is 46.2 Å². The summed E-state index contributed by atoms with van der Waals surface area (Å²) < 4.78 is 26.9. The van der Waals surface area contributed by atoms with Crippen LogP contribution < -0.4 is 0 Å². The summed E-state index contributed by atoms with van der Waals surface area (Å²) in [4.78, 5) is 25.3. The highest BCUT2D eigenvalue weighted by molar-refractivity contribution is 7.89. The SMILES string of the molecule is CCS(=O)(=O)N1CCC(N(CC(=O)O)C(=O)Cn2nc(C)cc2C)CC1. The van der Waals surface area contributed by atoms with E-state index >= 15 is 0 Å². The molecule has 1 aliphatic rings. The maximum atomic E-state index is 12.7. The van der Waals surface area contributed by atoms with Crippen molar-refractivity contribution >= 4 is 21.9 Å². The first-order valence-electron chi connectivity index (χ1n) is 8.64. The van der Waals surface area contributed by atoms with E-state index in [1.54, 1.807) is 11.6 Å². The van der Waals surface area contributed by atoms with Gasteiger partial charge in [0.2, 0.25) is 15.9 Å². The van der Waals surface area contributed by atoms with E-state index in [1.807, 2.05) is 19.9 Å². The lowest BCUT2D eigenvalue weighted by Crippen LogP contribution is -2.51. The fourth-order valence-electron chi connectivity index (χ4n) is 3.24. The average molecular weight is 386 g/mol. The van der Waals surface area contributed by atoms with Gasteiger partial charge in [-0.2, -0.15) is 5.10 Å². The van der Waals surface area contributed by atoms with Gasteiger partial charge in [0.05, 0.1) is 11.4 Å². The molecule has 26 heavy (non-hydrogen) atoms. The molecule has 0 radical (unpaired) electrons. The smallest absolute Gasteiger partial charge is 0.323 e. The number of amides is 1. The van der Waals surface area contributed by atoms with Gasteiger partial charge in [0.25, 0.3) is 0 Å². The van der Waals surface area contributed by atoms with E-state index in [1.165, 1.54) is 9.21 Å². The summed E-state index contributed by atoms with van der Waals surface area (Å²) in [5.41, 5.74) is 1.62. The molecular formula is C16H26N4O5S. The first kappa shape index (κ1) is 20.4. The van der Waals surface area contributed by atoms with Crippen LogP contribution in [0.2, 0.25) is 0 Å². The van der Waals surface area contributed by atoms with Gasteiger partial charge in [0.1, 0.15) is 13.1 Å².